The van der Waals surface area contributed by atoms with Gasteiger partial charge in [0.05, 0.1) is 11.4 Å². The van der Waals surface area contributed by atoms with Gasteiger partial charge in [-0.05, 0) is 41.6 Å². The Morgan fingerprint density at radius 2 is 2.00 bits per heavy atom. The maximum absolute atomic E-state index is 11.5. The van der Waals surface area contributed by atoms with Gasteiger partial charge in [0.15, 0.2) is 9.84 Å². The Kier molecular flexibility index (Phi) is 4.33. The summed E-state index contributed by atoms with van der Waals surface area (Å²) in [6, 6.07) is 7.32. The number of nitrogens with one attached hydrogen (secondary N) is 1. The highest BCUT2D eigenvalue weighted by Crippen LogP contribution is 2.13. The molecule has 0 aliphatic rings. The van der Waals surface area contributed by atoms with E-state index in [4.69, 9.17) is 0 Å². The number of hydrogen-bond donors (Lipinski definition) is 1. The Morgan fingerprint density at radius 1 is 1.30 bits per heavy atom. The van der Waals surface area contributed by atoms with Crippen LogP contribution in [0.1, 0.15) is 13.8 Å². The van der Waals surface area contributed by atoms with Gasteiger partial charge in [-0.3, -0.25) is 0 Å². The van der Waals surface area contributed by atoms with E-state index in [0.717, 1.165) is 11.4 Å². The number of rotatable bonds is 6. The summed E-state index contributed by atoms with van der Waals surface area (Å²) in [5, 5.41) is 14.1. The van der Waals surface area contributed by atoms with E-state index < -0.39 is 9.84 Å². The molecule has 1 atom stereocenters. The Balaban J connectivity index is 2.01. The zero-order chi connectivity index (χ0) is 14.6. The fourth-order valence-electron chi connectivity index (χ4n) is 1.81. The van der Waals surface area contributed by atoms with Crippen LogP contribution >= 0.6 is 0 Å². The molecule has 0 amide bonds. The van der Waals surface area contributed by atoms with Gasteiger partial charge in [0.1, 0.15) is 6.33 Å². The summed E-state index contributed by atoms with van der Waals surface area (Å²) < 4.78 is 24.6. The molecular formula is C12H17N5O2S. The predicted octanol–water partition coefficient (Wildman–Crippen LogP) is 0.897. The largest absolute Gasteiger partial charge is 0.382 e. The standard InChI is InChI=1S/C12H17N5O2S/c1-3-20(18,19)8-10(2)14-11-4-6-12(7-5-11)17-9-13-15-16-17/h4-7,9-10,14H,3,8H2,1-2H3. The zero-order valence-corrected chi connectivity index (χ0v) is 12.2. The molecule has 7 nitrogen and oxygen atoms in total. The summed E-state index contributed by atoms with van der Waals surface area (Å²) in [5.74, 6) is 0.287. The van der Waals surface area contributed by atoms with Crippen LogP contribution in [-0.4, -0.2) is 46.2 Å². The van der Waals surface area contributed by atoms with Gasteiger partial charge in [0, 0.05) is 17.5 Å². The van der Waals surface area contributed by atoms with Crippen LogP contribution in [0.3, 0.4) is 0 Å². The zero-order valence-electron chi connectivity index (χ0n) is 11.4. The van der Waals surface area contributed by atoms with Crippen LogP contribution < -0.4 is 5.32 Å². The molecule has 8 heteroatoms. The minimum atomic E-state index is -2.98. The molecule has 20 heavy (non-hydrogen) atoms. The molecule has 1 N–H and O–H groups in total. The molecule has 0 spiro atoms. The molecule has 0 aliphatic heterocycles. The van der Waals surface area contributed by atoms with Gasteiger partial charge in [-0.15, -0.1) is 5.10 Å². The van der Waals surface area contributed by atoms with Crippen LogP contribution in [0.4, 0.5) is 5.69 Å². The van der Waals surface area contributed by atoms with E-state index in [1.807, 2.05) is 31.2 Å². The van der Waals surface area contributed by atoms with Crippen molar-refractivity contribution < 1.29 is 8.42 Å². The van der Waals surface area contributed by atoms with E-state index in [0.29, 0.717) is 0 Å². The van der Waals surface area contributed by atoms with Gasteiger partial charge in [0.2, 0.25) is 0 Å². The van der Waals surface area contributed by atoms with Crippen molar-refractivity contribution in [3.8, 4) is 5.69 Å². The maximum atomic E-state index is 11.5. The minimum Gasteiger partial charge on any atom is -0.382 e. The first-order valence-electron chi connectivity index (χ1n) is 6.30. The third kappa shape index (κ3) is 3.77. The summed E-state index contributed by atoms with van der Waals surface area (Å²) in [5.41, 5.74) is 1.70. The fourth-order valence-corrected chi connectivity index (χ4v) is 2.90. The van der Waals surface area contributed by atoms with Crippen molar-refractivity contribution >= 4 is 15.5 Å². The van der Waals surface area contributed by atoms with Crippen molar-refractivity contribution in [1.29, 1.82) is 0 Å². The fraction of sp³-hybridized carbons (Fsp3) is 0.417. The van der Waals surface area contributed by atoms with Gasteiger partial charge < -0.3 is 5.32 Å². The van der Waals surface area contributed by atoms with Crippen molar-refractivity contribution in [2.24, 2.45) is 0 Å². The van der Waals surface area contributed by atoms with Crippen LogP contribution in [0.5, 0.6) is 0 Å². The van der Waals surface area contributed by atoms with Gasteiger partial charge in [-0.25, -0.2) is 13.1 Å². The Morgan fingerprint density at radius 3 is 2.55 bits per heavy atom. The van der Waals surface area contributed by atoms with Crippen LogP contribution in [0.2, 0.25) is 0 Å². The van der Waals surface area contributed by atoms with Gasteiger partial charge in [0.25, 0.3) is 0 Å². The average molecular weight is 295 g/mol. The highest BCUT2D eigenvalue weighted by molar-refractivity contribution is 7.91. The SMILES string of the molecule is CCS(=O)(=O)CC(C)Nc1ccc(-n2cnnn2)cc1. The molecule has 2 rings (SSSR count). The smallest absolute Gasteiger partial charge is 0.152 e. The molecule has 1 unspecified atom stereocenters. The molecule has 0 saturated heterocycles. The highest BCUT2D eigenvalue weighted by Gasteiger charge is 2.13. The molecule has 0 saturated carbocycles. The lowest BCUT2D eigenvalue weighted by Crippen LogP contribution is -2.26. The van der Waals surface area contributed by atoms with E-state index >= 15 is 0 Å². The van der Waals surface area contributed by atoms with Gasteiger partial charge >= 0.3 is 0 Å². The second-order valence-corrected chi connectivity index (χ2v) is 6.94. The third-order valence-corrected chi connectivity index (χ3v) is 4.73. The summed E-state index contributed by atoms with van der Waals surface area (Å²) in [6.45, 7) is 3.51. The number of sulfone groups is 1. The summed E-state index contributed by atoms with van der Waals surface area (Å²) >= 11 is 0. The summed E-state index contributed by atoms with van der Waals surface area (Å²) in [4.78, 5) is 0. The summed E-state index contributed by atoms with van der Waals surface area (Å²) in [7, 11) is -2.98. The highest BCUT2D eigenvalue weighted by atomic mass is 32.2. The Bertz CT molecular complexity index is 637. The van der Waals surface area contributed by atoms with Crippen molar-refractivity contribution in [2.45, 2.75) is 19.9 Å². The first-order valence-corrected chi connectivity index (χ1v) is 8.12. The molecule has 0 bridgehead atoms. The number of benzene rings is 1. The lowest BCUT2D eigenvalue weighted by atomic mass is 10.2. The molecule has 1 aromatic heterocycles. The van der Waals surface area contributed by atoms with Crippen LogP contribution in [0, 0.1) is 0 Å². The number of nitrogens with zero attached hydrogens (tertiary/aromatic N) is 4. The lowest BCUT2D eigenvalue weighted by molar-refractivity contribution is 0.593. The summed E-state index contributed by atoms with van der Waals surface area (Å²) in [6.07, 6.45) is 1.51. The van der Waals surface area contributed by atoms with E-state index in [1.54, 1.807) is 11.6 Å². The molecule has 1 heterocycles. The topological polar surface area (TPSA) is 89.8 Å². The van der Waals surface area contributed by atoms with Crippen LogP contribution in [-0.2, 0) is 9.84 Å². The molecule has 108 valence electrons. The molecule has 2 aromatic rings. The van der Waals surface area contributed by atoms with Gasteiger partial charge in [-0.1, -0.05) is 6.92 Å². The predicted molar refractivity (Wildman–Crippen MR) is 76.6 cm³/mol. The monoisotopic (exact) mass is 295 g/mol. The van der Waals surface area contributed by atoms with Crippen molar-refractivity contribution in [2.75, 3.05) is 16.8 Å². The van der Waals surface area contributed by atoms with Crippen LogP contribution in [0.25, 0.3) is 5.69 Å². The van der Waals surface area contributed by atoms with Crippen molar-refractivity contribution in [1.82, 2.24) is 20.2 Å². The molecule has 0 aliphatic carbocycles. The van der Waals surface area contributed by atoms with E-state index in [9.17, 15) is 8.42 Å². The first kappa shape index (κ1) is 14.4. The number of tetrazole rings is 1. The minimum absolute atomic E-state index is 0.123. The van der Waals surface area contributed by atoms with Gasteiger partial charge in [-0.2, -0.15) is 0 Å². The molecule has 0 radical (unpaired) electrons. The Labute approximate surface area is 117 Å². The Hall–Kier alpha value is -1.96. The second kappa shape index (κ2) is 6.00. The average Bonchev–Trinajstić information content (AvgIpc) is 2.93. The first-order chi connectivity index (χ1) is 9.50. The van der Waals surface area contributed by atoms with Crippen molar-refractivity contribution in [3.63, 3.8) is 0 Å². The van der Waals surface area contributed by atoms with E-state index in [-0.39, 0.29) is 17.5 Å². The van der Waals surface area contributed by atoms with Crippen LogP contribution in [0.15, 0.2) is 30.6 Å². The quantitative estimate of drug-likeness (QED) is 0.851. The number of hydrogen-bond acceptors (Lipinski definition) is 6. The maximum Gasteiger partial charge on any atom is 0.152 e. The van der Waals surface area contributed by atoms with Crippen molar-refractivity contribution in [3.05, 3.63) is 30.6 Å². The molecule has 1 aromatic carbocycles. The van der Waals surface area contributed by atoms with E-state index in [1.165, 1.54) is 6.33 Å². The normalized spacial score (nSPS) is 13.1. The number of aromatic nitrogens is 4. The molecule has 0 fully saturated rings. The van der Waals surface area contributed by atoms with E-state index in [2.05, 4.69) is 20.8 Å². The third-order valence-electron chi connectivity index (χ3n) is 2.84. The lowest BCUT2D eigenvalue weighted by Gasteiger charge is -2.15. The number of anilines is 1. The molecular weight excluding hydrogens is 278 g/mol. The second-order valence-electron chi connectivity index (χ2n) is 4.55.